The molecule has 1 aromatic heterocycles. The Bertz CT molecular complexity index is 1020. The Hall–Kier alpha value is -2.38. The molecule has 2 amide bonds. The molecule has 0 saturated heterocycles. The van der Waals surface area contributed by atoms with Crippen LogP contribution in [0.2, 0.25) is 5.02 Å². The van der Waals surface area contributed by atoms with Gasteiger partial charge in [-0.25, -0.2) is 0 Å². The van der Waals surface area contributed by atoms with Crippen molar-refractivity contribution in [1.82, 2.24) is 19.6 Å². The van der Waals surface area contributed by atoms with Crippen molar-refractivity contribution in [3.8, 4) is 0 Å². The summed E-state index contributed by atoms with van der Waals surface area (Å²) in [5.41, 5.74) is 3.05. The second-order valence-corrected chi connectivity index (χ2v) is 10.4. The number of benzene rings is 1. The second-order valence-electron chi connectivity index (χ2n) is 9.93. The van der Waals surface area contributed by atoms with Crippen LogP contribution in [-0.2, 0) is 18.4 Å². The number of carbonyl (C=O) groups excluding carboxylic acids is 2. The van der Waals surface area contributed by atoms with Crippen LogP contribution >= 0.6 is 11.6 Å². The summed E-state index contributed by atoms with van der Waals surface area (Å²) in [5.74, 6) is 0.302. The molecule has 2 aromatic rings. The summed E-state index contributed by atoms with van der Waals surface area (Å²) >= 11 is 6.40. The van der Waals surface area contributed by atoms with E-state index in [9.17, 15) is 9.59 Å². The Kier molecular flexibility index (Phi) is 8.77. The Morgan fingerprint density at radius 2 is 1.82 bits per heavy atom. The van der Waals surface area contributed by atoms with Gasteiger partial charge in [-0.3, -0.25) is 19.2 Å². The first-order valence-corrected chi connectivity index (χ1v) is 12.6. The summed E-state index contributed by atoms with van der Waals surface area (Å²) in [6.45, 7) is 13.6. The van der Waals surface area contributed by atoms with Gasteiger partial charge in [-0.2, -0.15) is 5.10 Å². The van der Waals surface area contributed by atoms with Crippen molar-refractivity contribution < 1.29 is 9.59 Å². The Morgan fingerprint density at radius 3 is 2.44 bits per heavy atom. The van der Waals surface area contributed by atoms with E-state index in [1.165, 1.54) is 0 Å². The summed E-state index contributed by atoms with van der Waals surface area (Å²) in [6, 6.07) is 5.99. The van der Waals surface area contributed by atoms with E-state index in [0.29, 0.717) is 48.4 Å². The average molecular weight is 488 g/mol. The first-order chi connectivity index (χ1) is 16.1. The number of hydrogen-bond donors (Lipinski definition) is 0. The molecule has 3 rings (SSSR count). The molecule has 1 aromatic carbocycles. The molecule has 0 radical (unpaired) electrons. The van der Waals surface area contributed by atoms with Crippen molar-refractivity contribution in [1.29, 1.82) is 0 Å². The lowest BCUT2D eigenvalue weighted by molar-refractivity contribution is -0.119. The number of halogens is 1. The number of amides is 2. The maximum Gasteiger partial charge on any atom is 0.257 e. The molecule has 7 nitrogen and oxygen atoms in total. The van der Waals surface area contributed by atoms with Crippen LogP contribution in [0.5, 0.6) is 0 Å². The summed E-state index contributed by atoms with van der Waals surface area (Å²) < 4.78 is 1.68. The molecular formula is C26H38ClN5O2. The van der Waals surface area contributed by atoms with Crippen LogP contribution in [0, 0.1) is 12.8 Å². The maximum absolute atomic E-state index is 13.6. The molecule has 0 saturated carbocycles. The average Bonchev–Trinajstić information content (AvgIpc) is 3.07. The van der Waals surface area contributed by atoms with Gasteiger partial charge in [0.15, 0.2) is 0 Å². The van der Waals surface area contributed by atoms with Crippen LogP contribution < -0.4 is 4.90 Å². The van der Waals surface area contributed by atoms with Crippen LogP contribution in [0.3, 0.4) is 0 Å². The molecule has 0 aliphatic carbocycles. The van der Waals surface area contributed by atoms with Gasteiger partial charge >= 0.3 is 0 Å². The molecule has 0 bridgehead atoms. The van der Waals surface area contributed by atoms with Crippen molar-refractivity contribution in [2.75, 3.05) is 31.1 Å². The summed E-state index contributed by atoms with van der Waals surface area (Å²) in [6.07, 6.45) is 3.10. The summed E-state index contributed by atoms with van der Waals surface area (Å²) in [4.78, 5) is 33.1. The quantitative estimate of drug-likeness (QED) is 0.636. The van der Waals surface area contributed by atoms with Gasteiger partial charge in [-0.05, 0) is 50.8 Å². The van der Waals surface area contributed by atoms with Crippen LogP contribution in [0.1, 0.15) is 62.2 Å². The molecule has 0 unspecified atom stereocenters. The predicted molar refractivity (Wildman–Crippen MR) is 137 cm³/mol. The molecule has 2 heterocycles. The van der Waals surface area contributed by atoms with Crippen LogP contribution in [-0.4, -0.2) is 63.6 Å². The van der Waals surface area contributed by atoms with E-state index < -0.39 is 0 Å². The number of fused-ring (bicyclic) bond motifs is 1. The highest BCUT2D eigenvalue weighted by Gasteiger charge is 2.26. The van der Waals surface area contributed by atoms with E-state index in [-0.39, 0.29) is 17.7 Å². The van der Waals surface area contributed by atoms with Crippen molar-refractivity contribution in [2.24, 2.45) is 13.0 Å². The standard InChI is InChI=1S/C26H38ClN5O2/c1-18(2)14-25(33)32-11-7-10-30(19(3)4)12-13-31(16-21-8-9-22(27)15-24(21)32)26(34)23-17-29(6)28-20(23)5/h8-9,15,17-19H,7,10-14,16H2,1-6H3. The molecule has 0 fully saturated rings. The highest BCUT2D eigenvalue weighted by Crippen LogP contribution is 2.29. The SMILES string of the molecule is Cc1nn(C)cc1C(=O)N1CCN(C(C)C)CCCN(C(=O)CC(C)C)c2cc(Cl)ccc2C1. The molecule has 0 N–H and O–H groups in total. The molecule has 34 heavy (non-hydrogen) atoms. The van der Waals surface area contributed by atoms with Gasteiger partial charge in [0.25, 0.3) is 5.91 Å². The van der Waals surface area contributed by atoms with Crippen molar-refractivity contribution in [3.05, 3.63) is 46.2 Å². The number of anilines is 1. The summed E-state index contributed by atoms with van der Waals surface area (Å²) in [5, 5.41) is 4.95. The van der Waals surface area contributed by atoms with Gasteiger partial charge in [0.1, 0.15) is 0 Å². The second kappa shape index (κ2) is 11.4. The topological polar surface area (TPSA) is 61.7 Å². The van der Waals surface area contributed by atoms with E-state index >= 15 is 0 Å². The molecule has 0 atom stereocenters. The number of hydrogen-bond acceptors (Lipinski definition) is 4. The monoisotopic (exact) mass is 487 g/mol. The fraction of sp³-hybridized carbons (Fsp3) is 0.577. The van der Waals surface area contributed by atoms with Gasteiger partial charge in [0, 0.05) is 63.5 Å². The zero-order valence-corrected chi connectivity index (χ0v) is 22.1. The van der Waals surface area contributed by atoms with Crippen molar-refractivity contribution in [2.45, 2.75) is 60.0 Å². The largest absolute Gasteiger partial charge is 0.333 e. The minimum absolute atomic E-state index is 0.0467. The number of carbonyl (C=O) groups is 2. The minimum atomic E-state index is -0.0467. The van der Waals surface area contributed by atoms with Gasteiger partial charge in [0.05, 0.1) is 16.9 Å². The molecule has 1 aliphatic heterocycles. The highest BCUT2D eigenvalue weighted by molar-refractivity contribution is 6.31. The minimum Gasteiger partial charge on any atom is -0.333 e. The Balaban J connectivity index is 2.05. The summed E-state index contributed by atoms with van der Waals surface area (Å²) in [7, 11) is 1.83. The van der Waals surface area contributed by atoms with Gasteiger partial charge in [-0.1, -0.05) is 31.5 Å². The molecule has 8 heteroatoms. The number of nitrogens with zero attached hydrogens (tertiary/aromatic N) is 5. The van der Waals surface area contributed by atoms with E-state index in [1.54, 1.807) is 10.9 Å². The van der Waals surface area contributed by atoms with E-state index in [0.717, 1.165) is 30.8 Å². The molecule has 186 valence electrons. The van der Waals surface area contributed by atoms with Crippen LogP contribution in [0.25, 0.3) is 0 Å². The lowest BCUT2D eigenvalue weighted by Gasteiger charge is -2.30. The molecule has 1 aliphatic rings. The first-order valence-electron chi connectivity index (χ1n) is 12.2. The lowest BCUT2D eigenvalue weighted by atomic mass is 10.1. The maximum atomic E-state index is 13.6. The normalized spacial score (nSPS) is 16.0. The van der Waals surface area contributed by atoms with E-state index in [4.69, 9.17) is 11.6 Å². The molecule has 0 spiro atoms. The Morgan fingerprint density at radius 1 is 1.09 bits per heavy atom. The fourth-order valence-corrected chi connectivity index (χ4v) is 4.67. The predicted octanol–water partition coefficient (Wildman–Crippen LogP) is 4.52. The van der Waals surface area contributed by atoms with E-state index in [1.807, 2.05) is 42.0 Å². The zero-order valence-electron chi connectivity index (χ0n) is 21.3. The lowest BCUT2D eigenvalue weighted by Crippen LogP contribution is -2.41. The van der Waals surface area contributed by atoms with Gasteiger partial charge in [-0.15, -0.1) is 0 Å². The zero-order chi connectivity index (χ0) is 25.0. The van der Waals surface area contributed by atoms with E-state index in [2.05, 4.69) is 37.7 Å². The van der Waals surface area contributed by atoms with Gasteiger partial charge in [0.2, 0.25) is 5.91 Å². The third kappa shape index (κ3) is 6.39. The number of aryl methyl sites for hydroxylation is 2. The van der Waals surface area contributed by atoms with Crippen LogP contribution in [0.4, 0.5) is 5.69 Å². The van der Waals surface area contributed by atoms with Crippen molar-refractivity contribution >= 4 is 29.1 Å². The fourth-order valence-electron chi connectivity index (χ4n) is 4.51. The third-order valence-electron chi connectivity index (χ3n) is 6.33. The first kappa shape index (κ1) is 26.2. The third-order valence-corrected chi connectivity index (χ3v) is 6.56. The Labute approximate surface area is 208 Å². The van der Waals surface area contributed by atoms with Crippen LogP contribution in [0.15, 0.2) is 24.4 Å². The smallest absolute Gasteiger partial charge is 0.257 e. The number of aromatic nitrogens is 2. The number of rotatable bonds is 4. The highest BCUT2D eigenvalue weighted by atomic mass is 35.5. The van der Waals surface area contributed by atoms with Crippen molar-refractivity contribution in [3.63, 3.8) is 0 Å². The molecular weight excluding hydrogens is 450 g/mol. The van der Waals surface area contributed by atoms with Gasteiger partial charge < -0.3 is 9.80 Å².